The third-order valence-electron chi connectivity index (χ3n) is 7.88. The van der Waals surface area contributed by atoms with Gasteiger partial charge in [-0.2, -0.15) is 0 Å². The Bertz CT molecular complexity index is 1220. The van der Waals surface area contributed by atoms with Crippen molar-refractivity contribution in [3.05, 3.63) is 105 Å². The van der Waals surface area contributed by atoms with Gasteiger partial charge in [-0.15, -0.1) is 0 Å². The van der Waals surface area contributed by atoms with Crippen LogP contribution in [0.2, 0.25) is 0 Å². The molecule has 4 atom stereocenters. The molecule has 2 aromatic carbocycles. The summed E-state index contributed by atoms with van der Waals surface area (Å²) < 4.78 is 0. The van der Waals surface area contributed by atoms with Gasteiger partial charge in [0.2, 0.25) is 0 Å². The Morgan fingerprint density at radius 3 is 1.24 bits per heavy atom. The molecule has 0 saturated heterocycles. The Kier molecular flexibility index (Phi) is 7.29. The summed E-state index contributed by atoms with van der Waals surface area (Å²) in [7, 11) is 0. The van der Waals surface area contributed by atoms with E-state index < -0.39 is 11.2 Å². The lowest BCUT2D eigenvalue weighted by molar-refractivity contribution is 0.156. The first kappa shape index (κ1) is 27.0. The van der Waals surface area contributed by atoms with Crippen LogP contribution in [0, 0.1) is 25.7 Å². The van der Waals surface area contributed by atoms with Gasteiger partial charge in [0.05, 0.1) is 11.2 Å². The molecule has 2 aromatic rings. The standard InChI is InChI=1S/C33H40O4/c1-20-11-24(7-9-30(20)34)13-26-16-32(5,36)18-28(22(26)3)15-29-19-33(6,37)17-27(23(29)4)14-25-8-10-31(35)21(2)12-25/h7-12,16-19,22-23,34-37H,13-15H2,1-6H3. The van der Waals surface area contributed by atoms with Crippen molar-refractivity contribution in [3.63, 3.8) is 0 Å². The van der Waals surface area contributed by atoms with E-state index in [9.17, 15) is 20.4 Å². The summed E-state index contributed by atoms with van der Waals surface area (Å²) in [5, 5.41) is 42.0. The van der Waals surface area contributed by atoms with Crippen molar-refractivity contribution in [2.75, 3.05) is 0 Å². The fraction of sp³-hybridized carbons (Fsp3) is 0.394. The zero-order chi connectivity index (χ0) is 27.1. The van der Waals surface area contributed by atoms with Crippen LogP contribution in [0.5, 0.6) is 11.5 Å². The van der Waals surface area contributed by atoms with Crippen molar-refractivity contribution < 1.29 is 20.4 Å². The van der Waals surface area contributed by atoms with Crippen LogP contribution in [-0.4, -0.2) is 31.6 Å². The maximum absolute atomic E-state index is 11.1. The maximum atomic E-state index is 11.1. The zero-order valence-electron chi connectivity index (χ0n) is 22.8. The second-order valence-electron chi connectivity index (χ2n) is 11.5. The van der Waals surface area contributed by atoms with Gasteiger partial charge in [0.25, 0.3) is 0 Å². The van der Waals surface area contributed by atoms with Crippen molar-refractivity contribution in [2.45, 2.75) is 72.0 Å². The molecule has 4 rings (SSSR count). The van der Waals surface area contributed by atoms with Gasteiger partial charge in [-0.1, -0.05) is 60.4 Å². The van der Waals surface area contributed by atoms with Crippen LogP contribution in [0.4, 0.5) is 0 Å². The molecule has 0 spiro atoms. The minimum atomic E-state index is -1.05. The molecule has 0 bridgehead atoms. The van der Waals surface area contributed by atoms with E-state index in [1.807, 2.05) is 76.3 Å². The highest BCUT2D eigenvalue weighted by Gasteiger charge is 2.32. The molecular weight excluding hydrogens is 460 g/mol. The Morgan fingerprint density at radius 1 is 0.595 bits per heavy atom. The predicted molar refractivity (Wildman–Crippen MR) is 150 cm³/mol. The quantitative estimate of drug-likeness (QED) is 0.346. The summed E-state index contributed by atoms with van der Waals surface area (Å²) in [6.45, 7) is 11.8. The lowest BCUT2D eigenvalue weighted by atomic mass is 9.72. The number of aromatic hydroxyl groups is 2. The average Bonchev–Trinajstić information content (AvgIpc) is 2.79. The Hall–Kier alpha value is -3.08. The molecule has 0 radical (unpaired) electrons. The third kappa shape index (κ3) is 6.26. The molecule has 2 aliphatic carbocycles. The number of hydrogen-bond donors (Lipinski definition) is 4. The summed E-state index contributed by atoms with van der Waals surface area (Å²) >= 11 is 0. The van der Waals surface area contributed by atoms with Crippen LogP contribution >= 0.6 is 0 Å². The molecule has 0 fully saturated rings. The summed E-state index contributed by atoms with van der Waals surface area (Å²) in [6.07, 6.45) is 9.92. The van der Waals surface area contributed by atoms with E-state index in [4.69, 9.17) is 0 Å². The molecule has 4 heteroatoms. The first-order chi connectivity index (χ1) is 17.2. The van der Waals surface area contributed by atoms with E-state index in [1.54, 1.807) is 12.1 Å². The molecule has 2 aliphatic rings. The van der Waals surface area contributed by atoms with E-state index in [0.29, 0.717) is 30.8 Å². The second kappa shape index (κ2) is 10.00. The minimum Gasteiger partial charge on any atom is -0.508 e. The molecule has 196 valence electrons. The zero-order valence-corrected chi connectivity index (χ0v) is 22.8. The highest BCUT2D eigenvalue weighted by atomic mass is 16.3. The van der Waals surface area contributed by atoms with Gasteiger partial charge in [0, 0.05) is 0 Å². The third-order valence-corrected chi connectivity index (χ3v) is 7.88. The van der Waals surface area contributed by atoms with Crippen LogP contribution in [0.15, 0.2) is 83.0 Å². The van der Waals surface area contributed by atoms with E-state index in [0.717, 1.165) is 44.5 Å². The summed E-state index contributed by atoms with van der Waals surface area (Å²) in [4.78, 5) is 0. The fourth-order valence-electron chi connectivity index (χ4n) is 5.74. The van der Waals surface area contributed by atoms with Gasteiger partial charge in [-0.05, 0) is 117 Å². The first-order valence-corrected chi connectivity index (χ1v) is 13.1. The molecule has 0 aliphatic heterocycles. The molecule has 0 saturated carbocycles. The van der Waals surface area contributed by atoms with Crippen LogP contribution in [0.25, 0.3) is 0 Å². The number of rotatable bonds is 6. The van der Waals surface area contributed by atoms with Crippen molar-refractivity contribution in [1.82, 2.24) is 0 Å². The Morgan fingerprint density at radius 2 is 0.919 bits per heavy atom. The van der Waals surface area contributed by atoms with Gasteiger partial charge in [0.15, 0.2) is 0 Å². The van der Waals surface area contributed by atoms with Crippen LogP contribution in [0.1, 0.15) is 56.4 Å². The first-order valence-electron chi connectivity index (χ1n) is 13.1. The van der Waals surface area contributed by atoms with E-state index in [1.165, 1.54) is 0 Å². The monoisotopic (exact) mass is 500 g/mol. The van der Waals surface area contributed by atoms with Gasteiger partial charge in [-0.3, -0.25) is 0 Å². The summed E-state index contributed by atoms with van der Waals surface area (Å²) in [6, 6.07) is 11.3. The average molecular weight is 501 g/mol. The molecule has 0 heterocycles. The number of benzene rings is 2. The number of phenolic OH excluding ortho intramolecular Hbond substituents is 2. The predicted octanol–water partition coefficient (Wildman–Crippen LogP) is 6.40. The van der Waals surface area contributed by atoms with Gasteiger partial charge in [-0.25, -0.2) is 0 Å². The lowest BCUT2D eigenvalue weighted by Gasteiger charge is -2.35. The van der Waals surface area contributed by atoms with E-state index in [2.05, 4.69) is 13.8 Å². The largest absolute Gasteiger partial charge is 0.508 e. The van der Waals surface area contributed by atoms with Crippen LogP contribution < -0.4 is 0 Å². The van der Waals surface area contributed by atoms with Crippen molar-refractivity contribution >= 4 is 0 Å². The number of aryl methyl sites for hydroxylation is 2. The molecule has 4 nitrogen and oxygen atoms in total. The van der Waals surface area contributed by atoms with Crippen molar-refractivity contribution in [1.29, 1.82) is 0 Å². The van der Waals surface area contributed by atoms with Crippen molar-refractivity contribution in [2.24, 2.45) is 11.8 Å². The number of aliphatic hydroxyl groups is 2. The highest BCUT2D eigenvalue weighted by Crippen LogP contribution is 2.41. The molecule has 4 unspecified atom stereocenters. The molecule has 0 amide bonds. The summed E-state index contributed by atoms with van der Waals surface area (Å²) in [5.74, 6) is 0.861. The van der Waals surface area contributed by atoms with Gasteiger partial charge >= 0.3 is 0 Å². The van der Waals surface area contributed by atoms with E-state index in [-0.39, 0.29) is 11.8 Å². The number of hydrogen-bond acceptors (Lipinski definition) is 4. The minimum absolute atomic E-state index is 0.140. The Balaban J connectivity index is 1.57. The topological polar surface area (TPSA) is 80.9 Å². The molecular formula is C33H40O4. The fourth-order valence-corrected chi connectivity index (χ4v) is 5.74. The molecule has 4 N–H and O–H groups in total. The Labute approximate surface area is 221 Å². The normalized spacial score (nSPS) is 27.8. The van der Waals surface area contributed by atoms with E-state index >= 15 is 0 Å². The number of allylic oxidation sites excluding steroid dienone is 4. The SMILES string of the molecule is Cc1cc(CC2=CC(C)(O)C=C(CC3=CC(C)(O)C=C(Cc4ccc(O)c(C)c4)C3C)C2C)ccc1O. The molecule has 0 aromatic heterocycles. The number of phenols is 2. The molecule has 37 heavy (non-hydrogen) atoms. The maximum Gasteiger partial charge on any atom is 0.118 e. The van der Waals surface area contributed by atoms with Crippen LogP contribution in [-0.2, 0) is 12.8 Å². The smallest absolute Gasteiger partial charge is 0.118 e. The second-order valence-corrected chi connectivity index (χ2v) is 11.5. The van der Waals surface area contributed by atoms with Gasteiger partial charge in [0.1, 0.15) is 11.5 Å². The summed E-state index contributed by atoms with van der Waals surface area (Å²) in [5.41, 5.74) is 6.39. The lowest BCUT2D eigenvalue weighted by Crippen LogP contribution is -2.29. The van der Waals surface area contributed by atoms with Crippen LogP contribution in [0.3, 0.4) is 0 Å². The highest BCUT2D eigenvalue weighted by molar-refractivity contribution is 5.45. The van der Waals surface area contributed by atoms with Gasteiger partial charge < -0.3 is 20.4 Å². The van der Waals surface area contributed by atoms with Crippen molar-refractivity contribution in [3.8, 4) is 11.5 Å².